The normalized spacial score (nSPS) is 13.8. The number of nitrogens with zero attached hydrogens (tertiary/aromatic N) is 3. The summed E-state index contributed by atoms with van der Waals surface area (Å²) in [7, 11) is 1.53. The van der Waals surface area contributed by atoms with Crippen LogP contribution >= 0.6 is 0 Å². The van der Waals surface area contributed by atoms with Crippen LogP contribution in [0.4, 0.5) is 18.9 Å². The zero-order valence-electron chi connectivity index (χ0n) is 9.41. The molecule has 1 atom stereocenters. The summed E-state index contributed by atoms with van der Waals surface area (Å²) in [5.41, 5.74) is 0.563. The highest BCUT2D eigenvalue weighted by atomic mass is 32.2. The number of rotatable bonds is 3. The molecule has 9 heteroatoms. The predicted octanol–water partition coefficient (Wildman–Crippen LogP) is 1.20. The Morgan fingerprint density at radius 1 is 1.47 bits per heavy atom. The Kier molecular flexibility index (Phi) is 3.82. The molecule has 17 heavy (non-hydrogen) atoms. The third-order valence-corrected chi connectivity index (χ3v) is 2.89. The zero-order chi connectivity index (χ0) is 13.4. The lowest BCUT2D eigenvalue weighted by Gasteiger charge is -2.27. The van der Waals surface area contributed by atoms with Crippen molar-refractivity contribution in [2.24, 2.45) is 7.05 Å². The summed E-state index contributed by atoms with van der Waals surface area (Å²) in [6.45, 7) is 1.40. The molecule has 0 aromatic carbocycles. The molecule has 1 aromatic heterocycles. The van der Waals surface area contributed by atoms with E-state index in [0.717, 1.165) is 0 Å². The van der Waals surface area contributed by atoms with Gasteiger partial charge in [0, 0.05) is 18.3 Å². The molecule has 0 amide bonds. The lowest BCUT2D eigenvalue weighted by Crippen LogP contribution is -2.36. The van der Waals surface area contributed by atoms with Crippen LogP contribution in [0, 0.1) is 13.8 Å². The van der Waals surface area contributed by atoms with E-state index in [-0.39, 0.29) is 15.7 Å². The van der Waals surface area contributed by atoms with Crippen molar-refractivity contribution in [1.82, 2.24) is 9.78 Å². The summed E-state index contributed by atoms with van der Waals surface area (Å²) in [5.74, 6) is 0. The molecule has 0 N–H and O–H groups in total. The number of alkyl halides is 3. The van der Waals surface area contributed by atoms with Crippen molar-refractivity contribution in [3.63, 3.8) is 0 Å². The van der Waals surface area contributed by atoms with Crippen LogP contribution in [0.3, 0.4) is 0 Å². The molecule has 1 unspecified atom stereocenters. The predicted molar refractivity (Wildman–Crippen MR) is 55.0 cm³/mol. The Morgan fingerprint density at radius 2 is 2.00 bits per heavy atom. The average Bonchev–Trinajstić information content (AvgIpc) is 2.36. The van der Waals surface area contributed by atoms with Crippen molar-refractivity contribution in [3.05, 3.63) is 11.4 Å². The molecule has 0 fully saturated rings. The molecule has 0 aliphatic carbocycles. The maximum atomic E-state index is 12.3. The standard InChI is InChI=1S/C8H12F3N3O2S/c1-5-7(6(2)13(3)12-5)14(17(15)16)4-8(9,10)11/h4H2,1-3H3,(H,15,16)/p-1. The Labute approximate surface area is 98.6 Å². The van der Waals surface area contributed by atoms with Crippen molar-refractivity contribution in [2.75, 3.05) is 10.8 Å². The summed E-state index contributed by atoms with van der Waals surface area (Å²) in [6.07, 6.45) is -4.60. The molecule has 0 spiro atoms. The van der Waals surface area contributed by atoms with E-state index in [9.17, 15) is 21.9 Å². The molecule has 5 nitrogen and oxygen atoms in total. The summed E-state index contributed by atoms with van der Waals surface area (Å²) in [6, 6.07) is 0. The Bertz CT molecular complexity index is 444. The fraction of sp³-hybridized carbons (Fsp3) is 0.625. The SMILES string of the molecule is Cc1nn(C)c(C)c1N(CC(F)(F)F)S(=O)[O-]. The van der Waals surface area contributed by atoms with Gasteiger partial charge >= 0.3 is 6.18 Å². The fourth-order valence-electron chi connectivity index (χ4n) is 1.49. The van der Waals surface area contributed by atoms with Gasteiger partial charge < -0.3 is 4.55 Å². The Hall–Kier alpha value is -1.09. The molecule has 1 rings (SSSR count). The third kappa shape index (κ3) is 3.19. The van der Waals surface area contributed by atoms with Crippen LogP contribution in [-0.2, 0) is 18.3 Å². The van der Waals surface area contributed by atoms with E-state index in [1.54, 1.807) is 0 Å². The number of hydrogen-bond acceptors (Lipinski definition) is 3. The van der Waals surface area contributed by atoms with Crippen LogP contribution in [-0.4, -0.2) is 31.3 Å². The van der Waals surface area contributed by atoms with Crippen molar-refractivity contribution in [2.45, 2.75) is 20.0 Å². The first-order valence-electron chi connectivity index (χ1n) is 4.57. The molecule has 0 aliphatic rings. The minimum Gasteiger partial charge on any atom is -0.755 e. The van der Waals surface area contributed by atoms with Crippen molar-refractivity contribution in [3.8, 4) is 0 Å². The van der Waals surface area contributed by atoms with Gasteiger partial charge in [-0.3, -0.25) is 13.2 Å². The minimum absolute atomic E-state index is 0.0295. The van der Waals surface area contributed by atoms with Crippen LogP contribution < -0.4 is 4.31 Å². The van der Waals surface area contributed by atoms with E-state index in [0.29, 0.717) is 5.69 Å². The first-order valence-corrected chi connectivity index (χ1v) is 5.60. The second kappa shape index (κ2) is 4.65. The van der Waals surface area contributed by atoms with Crippen LogP contribution in [0.15, 0.2) is 0 Å². The molecule has 0 saturated carbocycles. The van der Waals surface area contributed by atoms with Crippen LogP contribution in [0.1, 0.15) is 11.4 Å². The number of anilines is 1. The summed E-state index contributed by atoms with van der Waals surface area (Å²) < 4.78 is 60.2. The second-order valence-electron chi connectivity index (χ2n) is 3.51. The lowest BCUT2D eigenvalue weighted by molar-refractivity contribution is -0.117. The summed E-state index contributed by atoms with van der Waals surface area (Å²) >= 11 is -3.00. The van der Waals surface area contributed by atoms with E-state index in [2.05, 4.69) is 5.10 Å². The van der Waals surface area contributed by atoms with Crippen LogP contribution in [0.25, 0.3) is 0 Å². The van der Waals surface area contributed by atoms with Gasteiger partial charge in [-0.15, -0.1) is 0 Å². The van der Waals surface area contributed by atoms with E-state index in [1.807, 2.05) is 0 Å². The molecule has 0 aliphatic heterocycles. The zero-order valence-corrected chi connectivity index (χ0v) is 10.2. The molecule has 1 heterocycles. The third-order valence-electron chi connectivity index (χ3n) is 2.22. The van der Waals surface area contributed by atoms with Gasteiger partial charge in [0.1, 0.15) is 6.54 Å². The number of hydrogen-bond donors (Lipinski definition) is 0. The van der Waals surface area contributed by atoms with Gasteiger partial charge in [-0.1, -0.05) is 0 Å². The van der Waals surface area contributed by atoms with E-state index >= 15 is 0 Å². The first kappa shape index (κ1) is 14.0. The lowest BCUT2D eigenvalue weighted by atomic mass is 10.3. The smallest absolute Gasteiger partial charge is 0.406 e. The average molecular weight is 270 g/mol. The Morgan fingerprint density at radius 3 is 2.29 bits per heavy atom. The topological polar surface area (TPSA) is 61.2 Å². The minimum atomic E-state index is -4.60. The van der Waals surface area contributed by atoms with Gasteiger partial charge in [0.2, 0.25) is 0 Å². The Balaban J connectivity index is 3.19. The van der Waals surface area contributed by atoms with E-state index < -0.39 is 24.0 Å². The van der Waals surface area contributed by atoms with Gasteiger partial charge in [-0.05, 0) is 13.8 Å². The quantitative estimate of drug-likeness (QED) is 0.775. The van der Waals surface area contributed by atoms with Gasteiger partial charge in [0.25, 0.3) is 0 Å². The first-order chi connectivity index (χ1) is 7.63. The molecule has 0 radical (unpaired) electrons. The van der Waals surface area contributed by atoms with Crippen molar-refractivity contribution < 1.29 is 21.9 Å². The number of halogens is 3. The van der Waals surface area contributed by atoms with Gasteiger partial charge in [-0.25, -0.2) is 0 Å². The van der Waals surface area contributed by atoms with E-state index in [4.69, 9.17) is 0 Å². The highest BCUT2D eigenvalue weighted by Gasteiger charge is 2.33. The maximum absolute atomic E-state index is 12.3. The summed E-state index contributed by atoms with van der Waals surface area (Å²) in [4.78, 5) is 0. The molecular formula is C8H11F3N3O2S-. The number of aromatic nitrogens is 2. The highest BCUT2D eigenvalue weighted by molar-refractivity contribution is 7.80. The van der Waals surface area contributed by atoms with Crippen LogP contribution in [0.5, 0.6) is 0 Å². The monoisotopic (exact) mass is 270 g/mol. The number of aryl methyl sites for hydroxylation is 2. The highest BCUT2D eigenvalue weighted by Crippen LogP contribution is 2.28. The van der Waals surface area contributed by atoms with Gasteiger partial charge in [0.05, 0.1) is 17.1 Å². The fourth-order valence-corrected chi connectivity index (χ4v) is 2.16. The van der Waals surface area contributed by atoms with Crippen LogP contribution in [0.2, 0.25) is 0 Å². The van der Waals surface area contributed by atoms with Crippen molar-refractivity contribution >= 4 is 17.0 Å². The maximum Gasteiger partial charge on any atom is 0.406 e. The van der Waals surface area contributed by atoms with E-state index in [1.165, 1.54) is 25.6 Å². The molecule has 0 saturated heterocycles. The van der Waals surface area contributed by atoms with Gasteiger partial charge in [-0.2, -0.15) is 18.3 Å². The molecular weight excluding hydrogens is 259 g/mol. The second-order valence-corrected chi connectivity index (χ2v) is 4.39. The summed E-state index contributed by atoms with van der Waals surface area (Å²) in [5, 5.41) is 3.88. The van der Waals surface area contributed by atoms with Gasteiger partial charge in [0.15, 0.2) is 0 Å². The largest absolute Gasteiger partial charge is 0.755 e. The molecule has 0 bridgehead atoms. The van der Waals surface area contributed by atoms with Crippen molar-refractivity contribution in [1.29, 1.82) is 0 Å². The molecule has 1 aromatic rings. The molecule has 98 valence electrons.